The zero-order valence-electron chi connectivity index (χ0n) is 14.8. The number of nitrogens with one attached hydrogen (secondary N) is 1. The van der Waals surface area contributed by atoms with Gasteiger partial charge in [-0.3, -0.25) is 14.9 Å². The van der Waals surface area contributed by atoms with Crippen LogP contribution in [-0.2, 0) is 4.79 Å². The molecule has 2 amide bonds. The molecule has 1 fully saturated rings. The number of carbonyl (C=O) groups excluding carboxylic acids is 2. The van der Waals surface area contributed by atoms with Gasteiger partial charge in [-0.2, -0.15) is 4.37 Å². The molecule has 3 heterocycles. The maximum Gasteiger partial charge on any atom is 0.267 e. The first kappa shape index (κ1) is 18.0. The minimum absolute atomic E-state index is 0.0713. The fraction of sp³-hybridized carbons (Fsp3) is 0.529. The highest BCUT2D eigenvalue weighted by molar-refractivity contribution is 7.14. The summed E-state index contributed by atoms with van der Waals surface area (Å²) in [5, 5.41) is 3.28. The number of thiophene rings is 1. The van der Waals surface area contributed by atoms with Crippen molar-refractivity contribution in [2.75, 3.05) is 11.9 Å². The van der Waals surface area contributed by atoms with E-state index in [0.29, 0.717) is 15.8 Å². The Bertz CT molecular complexity index is 791. The van der Waals surface area contributed by atoms with Gasteiger partial charge >= 0.3 is 0 Å². The SMILES string of the molecule is Cc1nsc(NC(=O)c2ccc(C3CCCN3C(=O)C(C)(C)C)s2)n1. The molecule has 1 atom stereocenters. The number of hydrogen-bond donors (Lipinski definition) is 1. The van der Waals surface area contributed by atoms with Gasteiger partial charge in [0.25, 0.3) is 5.91 Å². The molecule has 2 aromatic rings. The maximum absolute atomic E-state index is 12.7. The number of rotatable bonds is 3. The van der Waals surface area contributed by atoms with Crippen LogP contribution in [0.25, 0.3) is 0 Å². The van der Waals surface area contributed by atoms with E-state index in [0.717, 1.165) is 24.3 Å². The van der Waals surface area contributed by atoms with Gasteiger partial charge in [-0.25, -0.2) is 4.98 Å². The molecule has 3 rings (SSSR count). The topological polar surface area (TPSA) is 75.2 Å². The standard InChI is InChI=1S/C17H22N4O2S2/c1-10-18-16(25-20-10)19-14(22)13-8-7-12(24-13)11-6-5-9-21(11)15(23)17(2,3)4/h7-8,11H,5-6,9H2,1-4H3,(H,18,19,20,22). The van der Waals surface area contributed by atoms with Crippen LogP contribution in [0.1, 0.15) is 60.0 Å². The zero-order chi connectivity index (χ0) is 18.2. The summed E-state index contributed by atoms with van der Waals surface area (Å²) in [4.78, 5) is 32.9. The second-order valence-corrected chi connectivity index (χ2v) is 9.08. The number of amides is 2. The van der Waals surface area contributed by atoms with Crippen molar-refractivity contribution in [1.29, 1.82) is 0 Å². The van der Waals surface area contributed by atoms with Crippen molar-refractivity contribution < 1.29 is 9.59 Å². The summed E-state index contributed by atoms with van der Waals surface area (Å²) >= 11 is 2.62. The molecule has 0 aromatic carbocycles. The van der Waals surface area contributed by atoms with Crippen molar-refractivity contribution in [3.8, 4) is 0 Å². The molecule has 1 N–H and O–H groups in total. The van der Waals surface area contributed by atoms with E-state index in [4.69, 9.17) is 0 Å². The maximum atomic E-state index is 12.7. The molecule has 1 aliphatic rings. The van der Waals surface area contributed by atoms with Gasteiger partial charge in [0.05, 0.1) is 10.9 Å². The molecule has 8 heteroatoms. The summed E-state index contributed by atoms with van der Waals surface area (Å²) < 4.78 is 4.06. The molecule has 1 aliphatic heterocycles. The van der Waals surface area contributed by atoms with Crippen LogP contribution in [0.2, 0.25) is 0 Å². The minimum Gasteiger partial charge on any atom is -0.334 e. The van der Waals surface area contributed by atoms with Crippen molar-refractivity contribution in [1.82, 2.24) is 14.3 Å². The number of aromatic nitrogens is 2. The third-order valence-electron chi connectivity index (χ3n) is 4.08. The molecule has 1 saturated heterocycles. The molecule has 25 heavy (non-hydrogen) atoms. The van der Waals surface area contributed by atoms with E-state index in [9.17, 15) is 9.59 Å². The van der Waals surface area contributed by atoms with Crippen LogP contribution in [0.4, 0.5) is 5.13 Å². The summed E-state index contributed by atoms with van der Waals surface area (Å²) in [6.45, 7) is 8.41. The number of anilines is 1. The Hall–Kier alpha value is -1.80. The first-order valence-corrected chi connectivity index (χ1v) is 9.87. The second-order valence-electron chi connectivity index (χ2n) is 7.21. The van der Waals surface area contributed by atoms with Gasteiger partial charge in [0.15, 0.2) is 0 Å². The number of aryl methyl sites for hydroxylation is 1. The highest BCUT2D eigenvalue weighted by atomic mass is 32.1. The van der Waals surface area contributed by atoms with E-state index in [-0.39, 0.29) is 17.9 Å². The van der Waals surface area contributed by atoms with Crippen molar-refractivity contribution in [3.63, 3.8) is 0 Å². The first-order valence-electron chi connectivity index (χ1n) is 8.28. The Morgan fingerprint density at radius 2 is 2.08 bits per heavy atom. The average molecular weight is 379 g/mol. The number of hydrogen-bond acceptors (Lipinski definition) is 6. The summed E-state index contributed by atoms with van der Waals surface area (Å²) in [6, 6.07) is 3.85. The van der Waals surface area contributed by atoms with Gasteiger partial charge in [0.1, 0.15) is 5.82 Å². The van der Waals surface area contributed by atoms with Crippen molar-refractivity contribution in [3.05, 3.63) is 27.7 Å². The van der Waals surface area contributed by atoms with Crippen LogP contribution in [0.5, 0.6) is 0 Å². The summed E-state index contributed by atoms with van der Waals surface area (Å²) in [5.41, 5.74) is -0.393. The molecular weight excluding hydrogens is 356 g/mol. The van der Waals surface area contributed by atoms with E-state index < -0.39 is 5.41 Å². The van der Waals surface area contributed by atoms with Crippen molar-refractivity contribution >= 4 is 39.8 Å². The first-order chi connectivity index (χ1) is 11.8. The van der Waals surface area contributed by atoms with Gasteiger partial charge in [-0.15, -0.1) is 11.3 Å². The summed E-state index contributed by atoms with van der Waals surface area (Å²) in [5.74, 6) is 0.632. The Labute approximate surface area is 155 Å². The number of likely N-dealkylation sites (tertiary alicyclic amines) is 1. The van der Waals surface area contributed by atoms with E-state index in [2.05, 4.69) is 14.7 Å². The molecule has 0 spiro atoms. The molecular formula is C17H22N4O2S2. The zero-order valence-corrected chi connectivity index (χ0v) is 16.5. The molecule has 0 radical (unpaired) electrons. The van der Waals surface area contributed by atoms with Crippen LogP contribution in [-0.4, -0.2) is 32.6 Å². The van der Waals surface area contributed by atoms with Gasteiger partial charge in [0, 0.05) is 28.4 Å². The van der Waals surface area contributed by atoms with Crippen LogP contribution < -0.4 is 5.32 Å². The molecule has 134 valence electrons. The van der Waals surface area contributed by atoms with E-state index in [1.165, 1.54) is 22.9 Å². The molecule has 0 aliphatic carbocycles. The Balaban J connectivity index is 1.74. The lowest BCUT2D eigenvalue weighted by Crippen LogP contribution is -2.38. The Morgan fingerprint density at radius 3 is 2.72 bits per heavy atom. The lowest BCUT2D eigenvalue weighted by molar-refractivity contribution is -0.140. The monoisotopic (exact) mass is 378 g/mol. The highest BCUT2D eigenvalue weighted by Crippen LogP contribution is 2.38. The molecule has 0 saturated carbocycles. The normalized spacial score (nSPS) is 17.8. The van der Waals surface area contributed by atoms with Crippen molar-refractivity contribution in [2.24, 2.45) is 5.41 Å². The largest absolute Gasteiger partial charge is 0.334 e. The second kappa shape index (κ2) is 6.84. The predicted octanol–water partition coefficient (Wildman–Crippen LogP) is 3.87. The van der Waals surface area contributed by atoms with Crippen LogP contribution in [0, 0.1) is 12.3 Å². The fourth-order valence-electron chi connectivity index (χ4n) is 2.90. The van der Waals surface area contributed by atoms with E-state index in [1.54, 1.807) is 6.92 Å². The summed E-state index contributed by atoms with van der Waals surface area (Å²) in [7, 11) is 0. The quantitative estimate of drug-likeness (QED) is 0.880. The molecule has 2 aromatic heterocycles. The third-order valence-corrected chi connectivity index (χ3v) is 5.99. The van der Waals surface area contributed by atoms with E-state index >= 15 is 0 Å². The number of carbonyl (C=O) groups is 2. The Morgan fingerprint density at radius 1 is 1.32 bits per heavy atom. The molecule has 6 nitrogen and oxygen atoms in total. The minimum atomic E-state index is -0.393. The lowest BCUT2D eigenvalue weighted by Gasteiger charge is -2.30. The highest BCUT2D eigenvalue weighted by Gasteiger charge is 2.36. The van der Waals surface area contributed by atoms with Gasteiger partial charge in [-0.05, 0) is 31.9 Å². The average Bonchev–Trinajstić information content (AvgIpc) is 3.24. The van der Waals surface area contributed by atoms with E-state index in [1.807, 2.05) is 37.8 Å². The molecule has 0 bridgehead atoms. The van der Waals surface area contributed by atoms with Crippen molar-refractivity contribution in [2.45, 2.75) is 46.6 Å². The third kappa shape index (κ3) is 3.90. The van der Waals surface area contributed by atoms with Crippen LogP contribution in [0.3, 0.4) is 0 Å². The fourth-order valence-corrected chi connectivity index (χ4v) is 4.52. The van der Waals surface area contributed by atoms with Gasteiger partial charge in [-0.1, -0.05) is 20.8 Å². The molecule has 1 unspecified atom stereocenters. The Kier molecular flexibility index (Phi) is 4.92. The predicted molar refractivity (Wildman–Crippen MR) is 100 cm³/mol. The van der Waals surface area contributed by atoms with Crippen LogP contribution >= 0.6 is 22.9 Å². The van der Waals surface area contributed by atoms with Gasteiger partial charge in [0.2, 0.25) is 11.0 Å². The number of nitrogens with zero attached hydrogens (tertiary/aromatic N) is 3. The lowest BCUT2D eigenvalue weighted by atomic mass is 9.94. The smallest absolute Gasteiger partial charge is 0.267 e. The summed E-state index contributed by atoms with van der Waals surface area (Å²) in [6.07, 6.45) is 1.94. The van der Waals surface area contributed by atoms with Crippen LogP contribution in [0.15, 0.2) is 12.1 Å². The van der Waals surface area contributed by atoms with Gasteiger partial charge < -0.3 is 4.90 Å².